The predicted molar refractivity (Wildman–Crippen MR) is 67.8 cm³/mol. The maximum Gasteiger partial charge on any atom is 0.326 e. The van der Waals surface area contributed by atoms with Crippen molar-refractivity contribution in [2.45, 2.75) is 25.8 Å². The third kappa shape index (κ3) is 7.60. The van der Waals surface area contributed by atoms with Crippen LogP contribution in [0.5, 0.6) is 0 Å². The lowest BCUT2D eigenvalue weighted by atomic mass is 10.0. The summed E-state index contributed by atoms with van der Waals surface area (Å²) >= 11 is 0. The van der Waals surface area contributed by atoms with Crippen LogP contribution in [0.2, 0.25) is 0 Å². The van der Waals surface area contributed by atoms with E-state index in [0.29, 0.717) is 33.0 Å². The Balaban J connectivity index is 3.73. The summed E-state index contributed by atoms with van der Waals surface area (Å²) in [5.41, 5.74) is -1.04. The van der Waals surface area contributed by atoms with E-state index in [1.165, 1.54) is 0 Å². The number of rotatable bonds is 12. The first kappa shape index (κ1) is 17.3. The monoisotopic (exact) mass is 263 g/mol. The molecule has 0 aromatic carbocycles. The van der Waals surface area contributed by atoms with E-state index >= 15 is 0 Å². The van der Waals surface area contributed by atoms with Gasteiger partial charge in [-0.05, 0) is 19.9 Å². The molecule has 0 amide bonds. The number of nitrogens with one attached hydrogen (secondary N) is 1. The highest BCUT2D eigenvalue weighted by molar-refractivity contribution is 5.78. The summed E-state index contributed by atoms with van der Waals surface area (Å²) in [4.78, 5) is 11.1. The molecule has 6 heteroatoms. The Morgan fingerprint density at radius 3 is 2.39 bits per heavy atom. The van der Waals surface area contributed by atoms with Crippen LogP contribution < -0.4 is 5.32 Å². The number of methoxy groups -OCH3 is 1. The molecule has 0 aliphatic carbocycles. The summed E-state index contributed by atoms with van der Waals surface area (Å²) in [7, 11) is 1.61. The Morgan fingerprint density at radius 2 is 1.83 bits per heavy atom. The molecule has 0 heterocycles. The second kappa shape index (κ2) is 10.3. The highest BCUT2D eigenvalue weighted by Gasteiger charge is 2.32. The summed E-state index contributed by atoms with van der Waals surface area (Å²) in [6.45, 7) is 6.26. The van der Waals surface area contributed by atoms with Crippen LogP contribution in [0.3, 0.4) is 0 Å². The molecule has 0 bridgehead atoms. The number of hydrogen-bond acceptors (Lipinski definition) is 5. The van der Waals surface area contributed by atoms with Crippen molar-refractivity contribution in [2.24, 2.45) is 0 Å². The highest BCUT2D eigenvalue weighted by Crippen LogP contribution is 2.05. The Labute approximate surface area is 109 Å². The molecule has 0 aromatic rings. The molecule has 18 heavy (non-hydrogen) atoms. The van der Waals surface area contributed by atoms with Crippen molar-refractivity contribution in [1.29, 1.82) is 0 Å². The summed E-state index contributed by atoms with van der Waals surface area (Å²) in [6.07, 6.45) is 0.878. The fraction of sp³-hybridized carbons (Fsp3) is 0.917. The van der Waals surface area contributed by atoms with E-state index in [9.17, 15) is 4.79 Å². The molecule has 0 spiro atoms. The topological polar surface area (TPSA) is 77.0 Å². The van der Waals surface area contributed by atoms with Crippen molar-refractivity contribution in [3.63, 3.8) is 0 Å². The molecule has 1 atom stereocenters. The standard InChI is InChI=1S/C12H25NO5/c1-4-5-13-12(2,11(14)15)10-18-9-8-17-7-6-16-3/h13H,4-10H2,1-3H3,(H,14,15). The lowest BCUT2D eigenvalue weighted by Gasteiger charge is -2.25. The van der Waals surface area contributed by atoms with Crippen LogP contribution in [0, 0.1) is 0 Å². The zero-order valence-corrected chi connectivity index (χ0v) is 11.5. The van der Waals surface area contributed by atoms with Gasteiger partial charge in [0.05, 0.1) is 33.0 Å². The molecule has 2 N–H and O–H groups in total. The van der Waals surface area contributed by atoms with Crippen molar-refractivity contribution in [1.82, 2.24) is 5.32 Å². The van der Waals surface area contributed by atoms with Gasteiger partial charge in [-0.3, -0.25) is 4.79 Å². The van der Waals surface area contributed by atoms with E-state index in [1.54, 1.807) is 14.0 Å². The average Bonchev–Trinajstić information content (AvgIpc) is 2.35. The Kier molecular flexibility index (Phi) is 9.86. The van der Waals surface area contributed by atoms with E-state index in [4.69, 9.17) is 19.3 Å². The number of carbonyl (C=O) groups is 1. The molecule has 1 unspecified atom stereocenters. The molecule has 0 aliphatic rings. The molecule has 0 aliphatic heterocycles. The molecule has 0 rings (SSSR count). The second-order valence-electron chi connectivity index (χ2n) is 4.22. The number of carboxylic acid groups (broad SMARTS) is 1. The van der Waals surface area contributed by atoms with Gasteiger partial charge in [0.25, 0.3) is 0 Å². The van der Waals surface area contributed by atoms with Crippen LogP contribution in [-0.4, -0.2) is 63.3 Å². The summed E-state index contributed by atoms with van der Waals surface area (Å²) in [5.74, 6) is -0.906. The van der Waals surface area contributed by atoms with Gasteiger partial charge in [0.15, 0.2) is 0 Å². The lowest BCUT2D eigenvalue weighted by molar-refractivity contribution is -0.147. The normalized spacial score (nSPS) is 14.4. The zero-order chi connectivity index (χ0) is 13.9. The molecule has 0 radical (unpaired) electrons. The summed E-state index contributed by atoms with van der Waals surface area (Å²) in [6, 6.07) is 0. The number of hydrogen-bond donors (Lipinski definition) is 2. The van der Waals surface area contributed by atoms with Crippen molar-refractivity contribution < 1.29 is 24.1 Å². The van der Waals surface area contributed by atoms with Gasteiger partial charge in [0.2, 0.25) is 0 Å². The molecule has 0 saturated heterocycles. The first-order chi connectivity index (χ1) is 8.56. The number of aliphatic carboxylic acids is 1. The average molecular weight is 263 g/mol. The Hall–Kier alpha value is -0.690. The van der Waals surface area contributed by atoms with E-state index in [1.807, 2.05) is 6.92 Å². The smallest absolute Gasteiger partial charge is 0.326 e. The molecule has 0 aromatic heterocycles. The Bertz CT molecular complexity index is 225. The van der Waals surface area contributed by atoms with Crippen molar-refractivity contribution in [3.05, 3.63) is 0 Å². The minimum Gasteiger partial charge on any atom is -0.480 e. The van der Waals surface area contributed by atoms with E-state index < -0.39 is 11.5 Å². The van der Waals surface area contributed by atoms with Gasteiger partial charge in [-0.1, -0.05) is 6.92 Å². The van der Waals surface area contributed by atoms with Crippen molar-refractivity contribution in [2.75, 3.05) is 46.7 Å². The number of carboxylic acids is 1. The Morgan fingerprint density at radius 1 is 1.22 bits per heavy atom. The quantitative estimate of drug-likeness (QED) is 0.500. The van der Waals surface area contributed by atoms with Gasteiger partial charge in [-0.2, -0.15) is 0 Å². The van der Waals surface area contributed by atoms with Gasteiger partial charge in [0, 0.05) is 7.11 Å². The minimum absolute atomic E-state index is 0.121. The van der Waals surface area contributed by atoms with Crippen LogP contribution in [0.15, 0.2) is 0 Å². The van der Waals surface area contributed by atoms with E-state index in [-0.39, 0.29) is 6.61 Å². The first-order valence-corrected chi connectivity index (χ1v) is 6.19. The largest absolute Gasteiger partial charge is 0.480 e. The van der Waals surface area contributed by atoms with E-state index in [0.717, 1.165) is 6.42 Å². The fourth-order valence-corrected chi connectivity index (χ4v) is 1.23. The van der Waals surface area contributed by atoms with Crippen LogP contribution >= 0.6 is 0 Å². The fourth-order valence-electron chi connectivity index (χ4n) is 1.23. The molecule has 108 valence electrons. The summed E-state index contributed by atoms with van der Waals surface area (Å²) in [5, 5.41) is 12.1. The SMILES string of the molecule is CCCNC(C)(COCCOCCOC)C(=O)O. The molecule has 6 nitrogen and oxygen atoms in total. The van der Waals surface area contributed by atoms with Gasteiger partial charge >= 0.3 is 5.97 Å². The summed E-state index contributed by atoms with van der Waals surface area (Å²) < 4.78 is 15.4. The van der Waals surface area contributed by atoms with Crippen LogP contribution in [0.25, 0.3) is 0 Å². The number of ether oxygens (including phenoxy) is 3. The maximum absolute atomic E-state index is 11.1. The van der Waals surface area contributed by atoms with Gasteiger partial charge in [-0.15, -0.1) is 0 Å². The van der Waals surface area contributed by atoms with Crippen LogP contribution in [-0.2, 0) is 19.0 Å². The maximum atomic E-state index is 11.1. The predicted octanol–water partition coefficient (Wildman–Crippen LogP) is 0.509. The van der Waals surface area contributed by atoms with Crippen molar-refractivity contribution in [3.8, 4) is 0 Å². The molecular weight excluding hydrogens is 238 g/mol. The van der Waals surface area contributed by atoms with Crippen LogP contribution in [0.4, 0.5) is 0 Å². The lowest BCUT2D eigenvalue weighted by Crippen LogP contribution is -2.53. The van der Waals surface area contributed by atoms with Crippen LogP contribution in [0.1, 0.15) is 20.3 Å². The minimum atomic E-state index is -1.04. The molecular formula is C12H25NO5. The van der Waals surface area contributed by atoms with Gasteiger partial charge in [-0.25, -0.2) is 0 Å². The second-order valence-corrected chi connectivity index (χ2v) is 4.22. The van der Waals surface area contributed by atoms with Gasteiger partial charge < -0.3 is 24.6 Å². The van der Waals surface area contributed by atoms with Gasteiger partial charge in [0.1, 0.15) is 5.54 Å². The third-order valence-electron chi connectivity index (χ3n) is 2.43. The molecule has 0 saturated carbocycles. The highest BCUT2D eigenvalue weighted by atomic mass is 16.5. The molecule has 0 fully saturated rings. The third-order valence-corrected chi connectivity index (χ3v) is 2.43. The first-order valence-electron chi connectivity index (χ1n) is 6.19. The van der Waals surface area contributed by atoms with E-state index in [2.05, 4.69) is 5.32 Å². The zero-order valence-electron chi connectivity index (χ0n) is 11.5. The van der Waals surface area contributed by atoms with Crippen molar-refractivity contribution >= 4 is 5.97 Å².